The lowest BCUT2D eigenvalue weighted by Crippen LogP contribution is -2.25. The summed E-state index contributed by atoms with van der Waals surface area (Å²) in [4.78, 5) is 24.2. The molecule has 146 valence electrons. The highest BCUT2D eigenvalue weighted by Gasteiger charge is 2.23. The number of amides is 2. The van der Waals surface area contributed by atoms with Crippen LogP contribution in [0.15, 0.2) is 54.6 Å². The Balaban J connectivity index is 1.37. The SMILES string of the molecule is Cc1nnnn1-c1cccc(NC(=O)/C=C/c2ccc(C(=O)NC3CC3)cc2)c1. The van der Waals surface area contributed by atoms with Crippen LogP contribution in [0.25, 0.3) is 11.8 Å². The fraction of sp³-hybridized carbons (Fsp3) is 0.190. The van der Waals surface area contributed by atoms with Crippen molar-refractivity contribution in [2.45, 2.75) is 25.8 Å². The molecule has 0 unspecified atom stereocenters. The molecular weight excluding hydrogens is 368 g/mol. The molecule has 0 aliphatic heterocycles. The molecule has 0 radical (unpaired) electrons. The van der Waals surface area contributed by atoms with Gasteiger partial charge in [0.25, 0.3) is 5.91 Å². The Kier molecular flexibility index (Phi) is 5.15. The number of aryl methyl sites for hydroxylation is 1. The van der Waals surface area contributed by atoms with Crippen LogP contribution in [-0.4, -0.2) is 38.1 Å². The normalized spacial score (nSPS) is 13.4. The molecule has 0 atom stereocenters. The maximum atomic E-state index is 12.2. The standard InChI is InChI=1S/C21H20N6O2/c1-14-24-25-26-27(14)19-4-2-3-18(13-19)22-20(28)12-7-15-5-8-16(9-6-15)21(29)23-17-10-11-17/h2-9,12-13,17H,10-11H2,1H3,(H,22,28)(H,23,29)/b12-7+. The van der Waals surface area contributed by atoms with E-state index in [1.165, 1.54) is 6.08 Å². The third kappa shape index (κ3) is 4.73. The third-order valence-electron chi connectivity index (χ3n) is 4.50. The van der Waals surface area contributed by atoms with E-state index in [-0.39, 0.29) is 11.8 Å². The Hall–Kier alpha value is -3.81. The van der Waals surface area contributed by atoms with Crippen molar-refractivity contribution in [2.24, 2.45) is 0 Å². The Labute approximate surface area is 167 Å². The number of anilines is 1. The zero-order valence-corrected chi connectivity index (χ0v) is 15.9. The molecule has 1 saturated carbocycles. The van der Waals surface area contributed by atoms with E-state index in [1.807, 2.05) is 24.3 Å². The summed E-state index contributed by atoms with van der Waals surface area (Å²) in [5.74, 6) is 0.340. The Morgan fingerprint density at radius 3 is 2.62 bits per heavy atom. The number of nitrogens with zero attached hydrogens (tertiary/aromatic N) is 4. The number of benzene rings is 2. The van der Waals surface area contributed by atoms with Crippen LogP contribution in [0, 0.1) is 6.92 Å². The van der Waals surface area contributed by atoms with E-state index < -0.39 is 0 Å². The lowest BCUT2D eigenvalue weighted by molar-refractivity contribution is -0.111. The van der Waals surface area contributed by atoms with Crippen LogP contribution in [0.5, 0.6) is 0 Å². The van der Waals surface area contributed by atoms with Crippen molar-refractivity contribution in [3.63, 3.8) is 0 Å². The summed E-state index contributed by atoms with van der Waals surface area (Å²) in [6.45, 7) is 1.80. The van der Waals surface area contributed by atoms with E-state index in [4.69, 9.17) is 0 Å². The van der Waals surface area contributed by atoms with Crippen LogP contribution in [0.2, 0.25) is 0 Å². The second-order valence-corrected chi connectivity index (χ2v) is 6.88. The first-order chi connectivity index (χ1) is 14.1. The fourth-order valence-corrected chi connectivity index (χ4v) is 2.78. The molecule has 1 aliphatic carbocycles. The van der Waals surface area contributed by atoms with Gasteiger partial charge in [0.05, 0.1) is 5.69 Å². The number of carbonyl (C=O) groups excluding carboxylic acids is 2. The summed E-state index contributed by atoms with van der Waals surface area (Å²) in [6.07, 6.45) is 5.27. The van der Waals surface area contributed by atoms with Gasteiger partial charge in [0.15, 0.2) is 5.82 Å². The molecule has 1 aliphatic rings. The number of rotatable bonds is 6. The van der Waals surface area contributed by atoms with Crippen molar-refractivity contribution in [2.75, 3.05) is 5.32 Å². The zero-order valence-electron chi connectivity index (χ0n) is 15.9. The highest BCUT2D eigenvalue weighted by Crippen LogP contribution is 2.19. The molecule has 2 amide bonds. The molecule has 8 nitrogen and oxygen atoms in total. The predicted octanol–water partition coefficient (Wildman–Crippen LogP) is 2.51. The van der Waals surface area contributed by atoms with Crippen molar-refractivity contribution < 1.29 is 9.59 Å². The van der Waals surface area contributed by atoms with E-state index in [1.54, 1.807) is 41.9 Å². The zero-order chi connectivity index (χ0) is 20.2. The topological polar surface area (TPSA) is 102 Å². The van der Waals surface area contributed by atoms with Gasteiger partial charge in [-0.15, -0.1) is 5.10 Å². The Morgan fingerprint density at radius 1 is 1.14 bits per heavy atom. The highest BCUT2D eigenvalue weighted by molar-refractivity contribution is 6.02. The van der Waals surface area contributed by atoms with Crippen LogP contribution in [0.4, 0.5) is 5.69 Å². The summed E-state index contributed by atoms with van der Waals surface area (Å²) >= 11 is 0. The Morgan fingerprint density at radius 2 is 1.93 bits per heavy atom. The van der Waals surface area contributed by atoms with E-state index in [2.05, 4.69) is 26.2 Å². The molecule has 1 aromatic heterocycles. The molecular formula is C21H20N6O2. The average molecular weight is 388 g/mol. The summed E-state index contributed by atoms with van der Waals surface area (Å²) in [5.41, 5.74) is 2.85. The van der Waals surface area contributed by atoms with E-state index in [0.717, 1.165) is 24.1 Å². The minimum Gasteiger partial charge on any atom is -0.349 e. The molecule has 1 heterocycles. The van der Waals surface area contributed by atoms with Crippen molar-refractivity contribution in [3.05, 3.63) is 71.6 Å². The molecule has 1 fully saturated rings. The minimum absolute atomic E-state index is 0.0570. The monoisotopic (exact) mass is 388 g/mol. The molecule has 8 heteroatoms. The number of hydrogen-bond acceptors (Lipinski definition) is 5. The van der Waals surface area contributed by atoms with Gasteiger partial charge in [-0.2, -0.15) is 4.68 Å². The van der Waals surface area contributed by atoms with Crippen molar-refractivity contribution in [1.29, 1.82) is 0 Å². The van der Waals surface area contributed by atoms with Crippen LogP contribution in [-0.2, 0) is 4.79 Å². The molecule has 29 heavy (non-hydrogen) atoms. The minimum atomic E-state index is -0.258. The van der Waals surface area contributed by atoms with Gasteiger partial charge in [0.2, 0.25) is 5.91 Å². The second-order valence-electron chi connectivity index (χ2n) is 6.88. The van der Waals surface area contributed by atoms with Gasteiger partial charge in [0.1, 0.15) is 0 Å². The lowest BCUT2D eigenvalue weighted by Gasteiger charge is -2.06. The van der Waals surface area contributed by atoms with Crippen LogP contribution >= 0.6 is 0 Å². The Bertz CT molecular complexity index is 1070. The van der Waals surface area contributed by atoms with Gasteiger partial charge >= 0.3 is 0 Å². The maximum Gasteiger partial charge on any atom is 0.251 e. The van der Waals surface area contributed by atoms with E-state index in [0.29, 0.717) is 23.1 Å². The molecule has 3 aromatic rings. The second kappa shape index (κ2) is 8.05. The number of aromatic nitrogens is 4. The van der Waals surface area contributed by atoms with Crippen LogP contribution < -0.4 is 10.6 Å². The van der Waals surface area contributed by atoms with Gasteiger partial charge in [-0.25, -0.2) is 0 Å². The van der Waals surface area contributed by atoms with Crippen LogP contribution in [0.3, 0.4) is 0 Å². The van der Waals surface area contributed by atoms with Crippen molar-refractivity contribution in [1.82, 2.24) is 25.5 Å². The summed E-state index contributed by atoms with van der Waals surface area (Å²) < 4.78 is 1.59. The van der Waals surface area contributed by atoms with E-state index >= 15 is 0 Å². The van der Waals surface area contributed by atoms with Gasteiger partial charge in [-0.1, -0.05) is 18.2 Å². The summed E-state index contributed by atoms with van der Waals surface area (Å²) in [7, 11) is 0. The first-order valence-corrected chi connectivity index (χ1v) is 9.34. The third-order valence-corrected chi connectivity index (χ3v) is 4.50. The number of nitrogens with one attached hydrogen (secondary N) is 2. The summed E-state index contributed by atoms with van der Waals surface area (Å²) in [5, 5.41) is 17.2. The van der Waals surface area contributed by atoms with Gasteiger partial charge in [0, 0.05) is 23.4 Å². The lowest BCUT2D eigenvalue weighted by atomic mass is 10.1. The van der Waals surface area contributed by atoms with Gasteiger partial charge in [-0.05, 0) is 72.2 Å². The predicted molar refractivity (Wildman–Crippen MR) is 108 cm³/mol. The highest BCUT2D eigenvalue weighted by atomic mass is 16.2. The molecule has 0 saturated heterocycles. The molecule has 0 spiro atoms. The largest absolute Gasteiger partial charge is 0.349 e. The quantitative estimate of drug-likeness (QED) is 0.632. The van der Waals surface area contributed by atoms with E-state index in [9.17, 15) is 9.59 Å². The van der Waals surface area contributed by atoms with Gasteiger partial charge < -0.3 is 10.6 Å². The number of tetrazole rings is 1. The van der Waals surface area contributed by atoms with Crippen LogP contribution in [0.1, 0.15) is 34.6 Å². The average Bonchev–Trinajstić information content (AvgIpc) is 3.44. The van der Waals surface area contributed by atoms with Crippen molar-refractivity contribution in [3.8, 4) is 5.69 Å². The molecule has 0 bridgehead atoms. The molecule has 4 rings (SSSR count). The first kappa shape index (κ1) is 18.5. The molecule has 2 aromatic carbocycles. The van der Waals surface area contributed by atoms with Crippen molar-refractivity contribution >= 4 is 23.6 Å². The smallest absolute Gasteiger partial charge is 0.251 e. The first-order valence-electron chi connectivity index (χ1n) is 9.34. The number of hydrogen-bond donors (Lipinski definition) is 2. The number of carbonyl (C=O) groups is 2. The fourth-order valence-electron chi connectivity index (χ4n) is 2.78. The summed E-state index contributed by atoms with van der Waals surface area (Å²) in [6, 6.07) is 14.7. The van der Waals surface area contributed by atoms with Gasteiger partial charge in [-0.3, -0.25) is 9.59 Å². The molecule has 2 N–H and O–H groups in total. The maximum absolute atomic E-state index is 12.2.